The molecule has 34 heavy (non-hydrogen) atoms. The number of unbranched alkanes of at least 4 members (excludes halogenated alkanes) is 1. The molecule has 0 spiro atoms. The van der Waals surface area contributed by atoms with Gasteiger partial charge in [-0.2, -0.15) is 0 Å². The van der Waals surface area contributed by atoms with Crippen molar-refractivity contribution in [2.45, 2.75) is 32.9 Å². The van der Waals surface area contributed by atoms with Gasteiger partial charge >= 0.3 is 5.69 Å². The van der Waals surface area contributed by atoms with E-state index in [0.717, 1.165) is 28.4 Å². The molecule has 0 fully saturated rings. The fourth-order valence-electron chi connectivity index (χ4n) is 4.07. The standard InChI is InChI=1S/C26H23BrN4O3/c1-2-3-15-30-22-24(31(26(33)29-25(22)32)16-17-9-5-4-6-10-17)28-23(30)21-14-13-20(34-21)18-11-7-8-12-19(18)27/h4-14H,2-3,15-16H2,1H3,(H,29,32,33). The number of furan rings is 1. The number of aromatic nitrogens is 4. The first-order valence-electron chi connectivity index (χ1n) is 11.2. The Morgan fingerprint density at radius 2 is 1.68 bits per heavy atom. The molecule has 1 N–H and O–H groups in total. The number of hydrogen-bond acceptors (Lipinski definition) is 4. The van der Waals surface area contributed by atoms with Crippen molar-refractivity contribution in [2.75, 3.05) is 0 Å². The first-order valence-corrected chi connectivity index (χ1v) is 12.0. The lowest BCUT2D eigenvalue weighted by Gasteiger charge is -2.08. The summed E-state index contributed by atoms with van der Waals surface area (Å²) in [5.74, 6) is 1.75. The predicted octanol–water partition coefficient (Wildman–Crippen LogP) is 5.42. The fraction of sp³-hybridized carbons (Fsp3) is 0.192. The lowest BCUT2D eigenvalue weighted by atomic mass is 10.2. The Hall–Kier alpha value is -3.65. The van der Waals surface area contributed by atoms with Gasteiger partial charge in [0, 0.05) is 16.6 Å². The van der Waals surface area contributed by atoms with Gasteiger partial charge < -0.3 is 8.98 Å². The van der Waals surface area contributed by atoms with Crippen LogP contribution >= 0.6 is 15.9 Å². The summed E-state index contributed by atoms with van der Waals surface area (Å²) >= 11 is 3.57. The maximum absolute atomic E-state index is 12.9. The first kappa shape index (κ1) is 22.2. The zero-order valence-corrected chi connectivity index (χ0v) is 20.2. The summed E-state index contributed by atoms with van der Waals surface area (Å²) < 4.78 is 10.5. The summed E-state index contributed by atoms with van der Waals surface area (Å²) in [6.07, 6.45) is 1.80. The molecule has 0 aliphatic carbocycles. The SMILES string of the molecule is CCCCn1c(-c2ccc(-c3ccccc3Br)o2)nc2c1c(=O)[nH]c(=O)n2Cc1ccccc1. The summed E-state index contributed by atoms with van der Waals surface area (Å²) in [6.45, 7) is 2.98. The minimum absolute atomic E-state index is 0.303. The van der Waals surface area contributed by atoms with Gasteiger partial charge in [0.25, 0.3) is 5.56 Å². The first-order chi connectivity index (χ1) is 16.6. The molecule has 0 unspecified atom stereocenters. The third-order valence-corrected chi connectivity index (χ3v) is 6.46. The highest BCUT2D eigenvalue weighted by Gasteiger charge is 2.22. The fourth-order valence-corrected chi connectivity index (χ4v) is 4.55. The van der Waals surface area contributed by atoms with Crippen LogP contribution in [0.15, 0.2) is 85.2 Å². The van der Waals surface area contributed by atoms with E-state index >= 15 is 0 Å². The van der Waals surface area contributed by atoms with Gasteiger partial charge in [0.05, 0.1) is 6.54 Å². The van der Waals surface area contributed by atoms with Crippen LogP contribution < -0.4 is 11.2 Å². The quantitative estimate of drug-likeness (QED) is 0.311. The smallest absolute Gasteiger partial charge is 0.330 e. The molecule has 172 valence electrons. The van der Waals surface area contributed by atoms with Crippen LogP contribution in [0, 0.1) is 0 Å². The van der Waals surface area contributed by atoms with E-state index in [4.69, 9.17) is 9.40 Å². The zero-order valence-electron chi connectivity index (χ0n) is 18.6. The molecule has 0 radical (unpaired) electrons. The van der Waals surface area contributed by atoms with Gasteiger partial charge in [-0.25, -0.2) is 9.78 Å². The number of rotatable bonds is 7. The second kappa shape index (κ2) is 9.30. The van der Waals surface area contributed by atoms with Crippen LogP contribution in [0.4, 0.5) is 0 Å². The average molecular weight is 519 g/mol. The highest BCUT2D eigenvalue weighted by molar-refractivity contribution is 9.10. The van der Waals surface area contributed by atoms with Crippen LogP contribution in [0.1, 0.15) is 25.3 Å². The molecule has 0 saturated heterocycles. The van der Waals surface area contributed by atoms with Crippen LogP contribution in [0.5, 0.6) is 0 Å². The van der Waals surface area contributed by atoms with Crippen LogP contribution in [0.3, 0.4) is 0 Å². The lowest BCUT2D eigenvalue weighted by Crippen LogP contribution is -2.31. The summed E-state index contributed by atoms with van der Waals surface area (Å²) in [5.41, 5.74) is 1.65. The van der Waals surface area contributed by atoms with Gasteiger partial charge in [-0.15, -0.1) is 0 Å². The van der Waals surface area contributed by atoms with Crippen molar-refractivity contribution in [3.05, 3.63) is 97.6 Å². The molecule has 7 nitrogen and oxygen atoms in total. The molecular formula is C26H23BrN4O3. The van der Waals surface area contributed by atoms with Gasteiger partial charge in [0.15, 0.2) is 22.7 Å². The van der Waals surface area contributed by atoms with Gasteiger partial charge in [-0.3, -0.25) is 14.3 Å². The molecule has 0 saturated carbocycles. The number of imidazole rings is 1. The number of hydrogen-bond donors (Lipinski definition) is 1. The summed E-state index contributed by atoms with van der Waals surface area (Å²) in [6, 6.07) is 21.2. The van der Waals surface area contributed by atoms with E-state index in [1.54, 1.807) is 0 Å². The second-order valence-corrected chi connectivity index (χ2v) is 8.94. The Balaban J connectivity index is 1.70. The maximum Gasteiger partial charge on any atom is 0.330 e. The van der Waals surface area contributed by atoms with Gasteiger partial charge in [0.1, 0.15) is 5.76 Å². The number of halogens is 1. The zero-order chi connectivity index (χ0) is 23.7. The van der Waals surface area contributed by atoms with Crippen molar-refractivity contribution in [1.82, 2.24) is 19.1 Å². The molecule has 8 heteroatoms. The van der Waals surface area contributed by atoms with Crippen LogP contribution in [-0.4, -0.2) is 19.1 Å². The van der Waals surface area contributed by atoms with Crippen molar-refractivity contribution in [3.8, 4) is 22.9 Å². The van der Waals surface area contributed by atoms with Crippen molar-refractivity contribution in [2.24, 2.45) is 0 Å². The van der Waals surface area contributed by atoms with E-state index < -0.39 is 11.2 Å². The Bertz CT molecular complexity index is 1580. The van der Waals surface area contributed by atoms with Gasteiger partial charge in [0.2, 0.25) is 0 Å². The third-order valence-electron chi connectivity index (χ3n) is 5.77. The Labute approximate surface area is 203 Å². The molecule has 3 aromatic heterocycles. The van der Waals surface area contributed by atoms with Crippen LogP contribution in [-0.2, 0) is 13.1 Å². The molecule has 5 rings (SSSR count). The molecule has 2 aromatic carbocycles. The topological polar surface area (TPSA) is 85.8 Å². The number of nitrogens with one attached hydrogen (secondary N) is 1. The molecule has 3 heterocycles. The summed E-state index contributed by atoms with van der Waals surface area (Å²) in [7, 11) is 0. The molecule has 5 aromatic rings. The average Bonchev–Trinajstić information content (AvgIpc) is 3.47. The minimum Gasteiger partial charge on any atom is -0.453 e. The number of aryl methyl sites for hydroxylation is 1. The van der Waals surface area contributed by atoms with Crippen LogP contribution in [0.25, 0.3) is 34.1 Å². The number of aromatic amines is 1. The molecule has 0 aliphatic rings. The van der Waals surface area contributed by atoms with E-state index in [9.17, 15) is 9.59 Å². The molecule has 0 atom stereocenters. The van der Waals surface area contributed by atoms with Crippen molar-refractivity contribution >= 4 is 27.1 Å². The van der Waals surface area contributed by atoms with Crippen molar-refractivity contribution < 1.29 is 4.42 Å². The normalized spacial score (nSPS) is 11.4. The largest absolute Gasteiger partial charge is 0.453 e. The Kier molecular flexibility index (Phi) is 6.06. The molecule has 0 aliphatic heterocycles. The highest BCUT2D eigenvalue weighted by Crippen LogP contribution is 2.33. The molecular weight excluding hydrogens is 496 g/mol. The number of fused-ring (bicyclic) bond motifs is 1. The monoisotopic (exact) mass is 518 g/mol. The van der Waals surface area contributed by atoms with E-state index in [2.05, 4.69) is 27.8 Å². The summed E-state index contributed by atoms with van der Waals surface area (Å²) in [5, 5.41) is 0. The van der Waals surface area contributed by atoms with Crippen LogP contribution in [0.2, 0.25) is 0 Å². The third kappa shape index (κ3) is 4.05. The number of H-pyrrole nitrogens is 1. The summed E-state index contributed by atoms with van der Waals surface area (Å²) in [4.78, 5) is 33.0. The lowest BCUT2D eigenvalue weighted by molar-refractivity contribution is 0.577. The Morgan fingerprint density at radius 3 is 2.44 bits per heavy atom. The second-order valence-electron chi connectivity index (χ2n) is 8.09. The maximum atomic E-state index is 12.9. The number of nitrogens with zero attached hydrogens (tertiary/aromatic N) is 3. The van der Waals surface area contributed by atoms with Crippen molar-refractivity contribution in [1.29, 1.82) is 0 Å². The predicted molar refractivity (Wildman–Crippen MR) is 136 cm³/mol. The van der Waals surface area contributed by atoms with E-state index in [-0.39, 0.29) is 0 Å². The number of benzene rings is 2. The van der Waals surface area contributed by atoms with E-state index in [0.29, 0.717) is 41.6 Å². The Morgan fingerprint density at radius 1 is 0.941 bits per heavy atom. The minimum atomic E-state index is -0.485. The molecule has 0 bridgehead atoms. The van der Waals surface area contributed by atoms with E-state index in [1.807, 2.05) is 71.3 Å². The van der Waals surface area contributed by atoms with Crippen molar-refractivity contribution in [3.63, 3.8) is 0 Å². The molecule has 0 amide bonds. The highest BCUT2D eigenvalue weighted by atomic mass is 79.9. The van der Waals surface area contributed by atoms with Gasteiger partial charge in [-0.1, -0.05) is 77.8 Å². The van der Waals surface area contributed by atoms with Gasteiger partial charge in [-0.05, 0) is 30.2 Å². The van der Waals surface area contributed by atoms with E-state index in [1.165, 1.54) is 4.57 Å².